The Kier molecular flexibility index (Phi) is 1.11. The van der Waals surface area contributed by atoms with Crippen molar-refractivity contribution in [2.45, 2.75) is 6.10 Å². The first kappa shape index (κ1) is 4.37. The number of hydrogen-bond donors (Lipinski definition) is 0. The third-order valence-corrected chi connectivity index (χ3v) is 0.858. The van der Waals surface area contributed by atoms with Crippen molar-refractivity contribution in [1.29, 1.82) is 0 Å². The summed E-state index contributed by atoms with van der Waals surface area (Å²) in [6.07, 6.45) is 3.35. The Labute approximate surface area is 42.5 Å². The van der Waals surface area contributed by atoms with Gasteiger partial charge in [-0.1, -0.05) is 6.58 Å². The summed E-state index contributed by atoms with van der Waals surface area (Å²) >= 11 is 0. The summed E-state index contributed by atoms with van der Waals surface area (Å²) in [6.45, 7) is 4.28. The van der Waals surface area contributed by atoms with Crippen molar-refractivity contribution < 1.29 is 4.74 Å². The minimum Gasteiger partial charge on any atom is -0.474 e. The predicted molar refractivity (Wildman–Crippen MR) is 28.4 cm³/mol. The molecule has 0 radical (unpaired) electrons. The van der Waals surface area contributed by atoms with E-state index in [4.69, 9.17) is 4.74 Å². The lowest BCUT2D eigenvalue weighted by Crippen LogP contribution is -2.03. The van der Waals surface area contributed by atoms with Crippen LogP contribution in [0.2, 0.25) is 0 Å². The fourth-order valence-corrected chi connectivity index (χ4v) is 0.441. The van der Waals surface area contributed by atoms with Crippen molar-refractivity contribution in [2.24, 2.45) is 4.99 Å². The van der Waals surface area contributed by atoms with Crippen LogP contribution in [-0.4, -0.2) is 19.0 Å². The van der Waals surface area contributed by atoms with Gasteiger partial charge in [0.15, 0.2) is 6.40 Å². The molecule has 2 nitrogen and oxygen atoms in total. The SMILES string of the molecule is C=CC1CN=CO1. The third kappa shape index (κ3) is 0.796. The lowest BCUT2D eigenvalue weighted by molar-refractivity contribution is 0.286. The topological polar surface area (TPSA) is 21.6 Å². The maximum Gasteiger partial charge on any atom is 0.170 e. The van der Waals surface area contributed by atoms with Crippen LogP contribution in [0.15, 0.2) is 17.6 Å². The van der Waals surface area contributed by atoms with E-state index in [-0.39, 0.29) is 6.10 Å². The molecule has 0 aromatic rings. The van der Waals surface area contributed by atoms with Gasteiger partial charge >= 0.3 is 0 Å². The van der Waals surface area contributed by atoms with Gasteiger partial charge in [-0.15, -0.1) is 0 Å². The Balaban J connectivity index is 2.35. The normalized spacial score (nSPS) is 27.1. The predicted octanol–water partition coefficient (Wildman–Crippen LogP) is 0.599. The molecular weight excluding hydrogens is 90.1 g/mol. The minimum atomic E-state index is 0.139. The molecule has 38 valence electrons. The Morgan fingerprint density at radius 3 is 3.14 bits per heavy atom. The molecule has 0 amide bonds. The van der Waals surface area contributed by atoms with E-state index in [1.54, 1.807) is 6.08 Å². The first-order valence-electron chi connectivity index (χ1n) is 2.20. The molecule has 0 saturated heterocycles. The molecule has 7 heavy (non-hydrogen) atoms. The van der Waals surface area contributed by atoms with Crippen LogP contribution in [-0.2, 0) is 4.74 Å². The molecule has 1 atom stereocenters. The summed E-state index contributed by atoms with van der Waals surface area (Å²) < 4.78 is 4.89. The van der Waals surface area contributed by atoms with E-state index in [1.165, 1.54) is 6.40 Å². The van der Waals surface area contributed by atoms with Gasteiger partial charge in [-0.2, -0.15) is 0 Å². The Morgan fingerprint density at radius 2 is 2.86 bits per heavy atom. The molecule has 0 aliphatic carbocycles. The van der Waals surface area contributed by atoms with Crippen molar-refractivity contribution in [1.82, 2.24) is 0 Å². The molecule has 1 aliphatic rings. The van der Waals surface area contributed by atoms with Gasteiger partial charge in [0, 0.05) is 0 Å². The second kappa shape index (κ2) is 1.78. The fourth-order valence-electron chi connectivity index (χ4n) is 0.441. The smallest absolute Gasteiger partial charge is 0.170 e. The van der Waals surface area contributed by atoms with Crippen LogP contribution >= 0.6 is 0 Å². The van der Waals surface area contributed by atoms with Gasteiger partial charge in [-0.25, -0.2) is 0 Å². The van der Waals surface area contributed by atoms with E-state index in [0.29, 0.717) is 0 Å². The molecule has 0 spiro atoms. The summed E-state index contributed by atoms with van der Waals surface area (Å²) in [5, 5.41) is 0. The van der Waals surface area contributed by atoms with Gasteiger partial charge in [-0.05, 0) is 6.08 Å². The van der Waals surface area contributed by atoms with Crippen LogP contribution < -0.4 is 0 Å². The zero-order chi connectivity index (χ0) is 5.11. The van der Waals surface area contributed by atoms with Crippen LogP contribution in [0, 0.1) is 0 Å². The summed E-state index contributed by atoms with van der Waals surface area (Å²) in [7, 11) is 0. The highest BCUT2D eigenvalue weighted by Gasteiger charge is 2.04. The molecule has 0 N–H and O–H groups in total. The van der Waals surface area contributed by atoms with Gasteiger partial charge in [0.05, 0.1) is 6.54 Å². The Hall–Kier alpha value is -0.790. The zero-order valence-corrected chi connectivity index (χ0v) is 4.00. The van der Waals surface area contributed by atoms with Crippen molar-refractivity contribution in [3.8, 4) is 0 Å². The lowest BCUT2D eigenvalue weighted by Gasteiger charge is -1.96. The van der Waals surface area contributed by atoms with E-state index >= 15 is 0 Å². The summed E-state index contributed by atoms with van der Waals surface area (Å²) in [5.41, 5.74) is 0. The average Bonchev–Trinajstić information content (AvgIpc) is 2.14. The van der Waals surface area contributed by atoms with E-state index in [9.17, 15) is 0 Å². The molecule has 0 aromatic carbocycles. The number of hydrogen-bond acceptors (Lipinski definition) is 2. The van der Waals surface area contributed by atoms with E-state index in [1.807, 2.05) is 0 Å². The molecule has 0 aromatic heterocycles. The molecule has 0 saturated carbocycles. The standard InChI is InChI=1S/C5H7NO/c1-2-5-3-6-4-7-5/h2,4-5H,1,3H2. The van der Waals surface area contributed by atoms with Gasteiger partial charge < -0.3 is 4.74 Å². The summed E-state index contributed by atoms with van der Waals surface area (Å²) in [6, 6.07) is 0. The Morgan fingerprint density at radius 1 is 2.00 bits per heavy atom. The maximum atomic E-state index is 4.89. The van der Waals surface area contributed by atoms with E-state index < -0.39 is 0 Å². The van der Waals surface area contributed by atoms with Crippen LogP contribution in [0.4, 0.5) is 0 Å². The molecule has 0 fully saturated rings. The lowest BCUT2D eigenvalue weighted by atomic mass is 10.4. The second-order valence-corrected chi connectivity index (χ2v) is 1.38. The van der Waals surface area contributed by atoms with Gasteiger partial charge in [0.1, 0.15) is 6.10 Å². The van der Waals surface area contributed by atoms with Crippen LogP contribution in [0.5, 0.6) is 0 Å². The number of rotatable bonds is 1. The molecule has 1 unspecified atom stereocenters. The second-order valence-electron chi connectivity index (χ2n) is 1.38. The maximum absolute atomic E-state index is 4.89. The van der Waals surface area contributed by atoms with Crippen LogP contribution in [0.1, 0.15) is 0 Å². The number of ether oxygens (including phenoxy) is 1. The van der Waals surface area contributed by atoms with Crippen LogP contribution in [0.25, 0.3) is 0 Å². The first-order valence-corrected chi connectivity index (χ1v) is 2.20. The monoisotopic (exact) mass is 97.1 g/mol. The molecule has 0 bridgehead atoms. The molecule has 2 heteroatoms. The summed E-state index contributed by atoms with van der Waals surface area (Å²) in [5.74, 6) is 0. The fraction of sp³-hybridized carbons (Fsp3) is 0.400. The first-order chi connectivity index (χ1) is 3.43. The highest BCUT2D eigenvalue weighted by atomic mass is 16.5. The zero-order valence-electron chi connectivity index (χ0n) is 4.00. The van der Waals surface area contributed by atoms with Crippen molar-refractivity contribution >= 4 is 6.40 Å². The molecule has 1 rings (SSSR count). The minimum absolute atomic E-state index is 0.139. The molecular formula is C5H7NO. The van der Waals surface area contributed by atoms with E-state index in [2.05, 4.69) is 11.6 Å². The van der Waals surface area contributed by atoms with Crippen molar-refractivity contribution in [3.63, 3.8) is 0 Å². The van der Waals surface area contributed by atoms with Crippen molar-refractivity contribution in [2.75, 3.05) is 6.54 Å². The van der Waals surface area contributed by atoms with Gasteiger partial charge in [0.25, 0.3) is 0 Å². The third-order valence-electron chi connectivity index (χ3n) is 0.858. The number of aliphatic imine (C=N–C) groups is 1. The Bertz CT molecular complexity index is 90.3. The van der Waals surface area contributed by atoms with Gasteiger partial charge in [0.2, 0.25) is 0 Å². The highest BCUT2D eigenvalue weighted by Crippen LogP contribution is 1.97. The average molecular weight is 97.1 g/mol. The van der Waals surface area contributed by atoms with Crippen molar-refractivity contribution in [3.05, 3.63) is 12.7 Å². The van der Waals surface area contributed by atoms with E-state index in [0.717, 1.165) is 6.54 Å². The highest BCUT2D eigenvalue weighted by molar-refractivity contribution is 5.49. The summed E-state index contributed by atoms with van der Waals surface area (Å²) in [4.78, 5) is 3.82. The number of nitrogens with zero attached hydrogens (tertiary/aromatic N) is 1. The molecule has 1 aliphatic heterocycles. The van der Waals surface area contributed by atoms with Gasteiger partial charge in [-0.3, -0.25) is 4.99 Å². The molecule has 1 heterocycles. The largest absolute Gasteiger partial charge is 0.474 e. The quantitative estimate of drug-likeness (QED) is 0.439. The van der Waals surface area contributed by atoms with Crippen LogP contribution in [0.3, 0.4) is 0 Å².